The highest BCUT2D eigenvalue weighted by molar-refractivity contribution is 5.78. The zero-order chi connectivity index (χ0) is 14.1. The second-order valence-electron chi connectivity index (χ2n) is 4.13. The molecule has 0 aliphatic carbocycles. The Bertz CT molecular complexity index is 373. The number of ether oxygens (including phenoxy) is 2. The van der Waals surface area contributed by atoms with Crippen LogP contribution in [0.4, 0.5) is 5.69 Å². The van der Waals surface area contributed by atoms with Gasteiger partial charge in [-0.2, -0.15) is 0 Å². The van der Waals surface area contributed by atoms with Crippen LogP contribution in [0.2, 0.25) is 0 Å². The molecule has 1 amide bonds. The Hall–Kier alpha value is -1.66. The molecule has 0 bridgehead atoms. The van der Waals surface area contributed by atoms with E-state index in [2.05, 4.69) is 4.98 Å². The van der Waals surface area contributed by atoms with Crippen molar-refractivity contribution in [3.63, 3.8) is 0 Å². The van der Waals surface area contributed by atoms with Crippen molar-refractivity contribution < 1.29 is 14.3 Å². The van der Waals surface area contributed by atoms with E-state index in [4.69, 9.17) is 15.2 Å². The summed E-state index contributed by atoms with van der Waals surface area (Å²) >= 11 is 0. The Morgan fingerprint density at radius 3 is 2.37 bits per heavy atom. The fraction of sp³-hybridized carbons (Fsp3) is 0.538. The van der Waals surface area contributed by atoms with Crippen LogP contribution >= 0.6 is 0 Å². The monoisotopic (exact) mass is 267 g/mol. The zero-order valence-corrected chi connectivity index (χ0v) is 11.5. The minimum atomic E-state index is 0.00590. The van der Waals surface area contributed by atoms with Gasteiger partial charge < -0.3 is 20.1 Å². The first kappa shape index (κ1) is 15.4. The molecule has 0 spiro atoms. The Balaban J connectivity index is 2.56. The standard InChI is InChI=1S/C13H21N3O3/c1-18-7-5-16(6-8-19-2)13(17)9-12-4-3-11(14)10-15-12/h3-4,10H,5-9,14H2,1-2H3. The molecule has 0 fully saturated rings. The average Bonchev–Trinajstić information content (AvgIpc) is 2.41. The second kappa shape index (κ2) is 8.44. The number of nitrogens with two attached hydrogens (primary N) is 1. The number of amides is 1. The number of rotatable bonds is 8. The lowest BCUT2D eigenvalue weighted by molar-refractivity contribution is -0.131. The van der Waals surface area contributed by atoms with Crippen LogP contribution in [0.25, 0.3) is 0 Å². The predicted octanol–water partition coefficient (Wildman–Crippen LogP) is 0.328. The molecule has 6 heteroatoms. The molecule has 0 atom stereocenters. The van der Waals surface area contributed by atoms with E-state index in [-0.39, 0.29) is 12.3 Å². The van der Waals surface area contributed by atoms with E-state index in [1.807, 2.05) is 0 Å². The number of nitrogen functional groups attached to an aromatic ring is 1. The fourth-order valence-corrected chi connectivity index (χ4v) is 1.57. The zero-order valence-electron chi connectivity index (χ0n) is 11.5. The number of aromatic nitrogens is 1. The van der Waals surface area contributed by atoms with E-state index in [0.29, 0.717) is 37.7 Å². The third-order valence-electron chi connectivity index (χ3n) is 2.66. The molecule has 0 unspecified atom stereocenters. The molecule has 0 aliphatic heterocycles. The molecular formula is C13H21N3O3. The maximum Gasteiger partial charge on any atom is 0.228 e. The Kier molecular flexibility index (Phi) is 6.84. The van der Waals surface area contributed by atoms with Crippen LogP contribution in [0.1, 0.15) is 5.69 Å². The summed E-state index contributed by atoms with van der Waals surface area (Å²) in [6.07, 6.45) is 1.81. The second-order valence-corrected chi connectivity index (χ2v) is 4.13. The van der Waals surface area contributed by atoms with E-state index in [1.54, 1.807) is 37.4 Å². The van der Waals surface area contributed by atoms with Gasteiger partial charge in [0.2, 0.25) is 5.91 Å². The molecule has 106 valence electrons. The van der Waals surface area contributed by atoms with Crippen molar-refractivity contribution in [1.29, 1.82) is 0 Å². The number of carbonyl (C=O) groups is 1. The molecule has 1 aromatic rings. The largest absolute Gasteiger partial charge is 0.397 e. The van der Waals surface area contributed by atoms with E-state index >= 15 is 0 Å². The number of carbonyl (C=O) groups excluding carboxylic acids is 1. The summed E-state index contributed by atoms with van der Waals surface area (Å²) < 4.78 is 10.0. The number of anilines is 1. The maximum absolute atomic E-state index is 12.2. The van der Waals surface area contributed by atoms with Crippen molar-refractivity contribution in [2.75, 3.05) is 46.3 Å². The third kappa shape index (κ3) is 5.67. The van der Waals surface area contributed by atoms with Crippen molar-refractivity contribution in [3.8, 4) is 0 Å². The molecule has 0 aliphatic rings. The fourth-order valence-electron chi connectivity index (χ4n) is 1.57. The molecule has 19 heavy (non-hydrogen) atoms. The Morgan fingerprint density at radius 1 is 1.26 bits per heavy atom. The molecule has 1 aromatic heterocycles. The van der Waals surface area contributed by atoms with Gasteiger partial charge in [0.25, 0.3) is 0 Å². The summed E-state index contributed by atoms with van der Waals surface area (Å²) in [6, 6.07) is 3.50. The predicted molar refractivity (Wildman–Crippen MR) is 72.7 cm³/mol. The number of hydrogen-bond donors (Lipinski definition) is 1. The molecule has 2 N–H and O–H groups in total. The van der Waals surface area contributed by atoms with Gasteiger partial charge in [-0.1, -0.05) is 0 Å². The van der Waals surface area contributed by atoms with Crippen LogP contribution in [0.5, 0.6) is 0 Å². The Labute approximate surface area is 113 Å². The quantitative estimate of drug-likeness (QED) is 0.734. The molecular weight excluding hydrogens is 246 g/mol. The van der Waals surface area contributed by atoms with E-state index in [1.165, 1.54) is 0 Å². The smallest absolute Gasteiger partial charge is 0.228 e. The average molecular weight is 267 g/mol. The summed E-state index contributed by atoms with van der Waals surface area (Å²) in [5.41, 5.74) is 6.85. The lowest BCUT2D eigenvalue weighted by atomic mass is 10.2. The summed E-state index contributed by atoms with van der Waals surface area (Å²) in [5.74, 6) is 0.00590. The highest BCUT2D eigenvalue weighted by atomic mass is 16.5. The van der Waals surface area contributed by atoms with E-state index in [0.717, 1.165) is 0 Å². The molecule has 0 saturated carbocycles. The first-order valence-corrected chi connectivity index (χ1v) is 6.13. The van der Waals surface area contributed by atoms with Gasteiger partial charge in [-0.25, -0.2) is 0 Å². The molecule has 1 heterocycles. The van der Waals surface area contributed by atoms with E-state index < -0.39 is 0 Å². The van der Waals surface area contributed by atoms with Gasteiger partial charge in [-0.05, 0) is 12.1 Å². The van der Waals surface area contributed by atoms with Crippen LogP contribution in [0, 0.1) is 0 Å². The highest BCUT2D eigenvalue weighted by Gasteiger charge is 2.14. The van der Waals surface area contributed by atoms with Gasteiger partial charge in [-0.3, -0.25) is 9.78 Å². The van der Waals surface area contributed by atoms with Gasteiger partial charge in [0.15, 0.2) is 0 Å². The third-order valence-corrected chi connectivity index (χ3v) is 2.66. The minimum Gasteiger partial charge on any atom is -0.397 e. The number of pyridine rings is 1. The van der Waals surface area contributed by atoms with Crippen LogP contribution < -0.4 is 5.73 Å². The molecule has 6 nitrogen and oxygen atoms in total. The van der Waals surface area contributed by atoms with Gasteiger partial charge in [0.05, 0.1) is 31.5 Å². The first-order valence-electron chi connectivity index (χ1n) is 6.13. The maximum atomic E-state index is 12.2. The van der Waals surface area contributed by atoms with Gasteiger partial charge in [-0.15, -0.1) is 0 Å². The van der Waals surface area contributed by atoms with Crippen molar-refractivity contribution >= 4 is 11.6 Å². The van der Waals surface area contributed by atoms with Crippen molar-refractivity contribution in [2.24, 2.45) is 0 Å². The summed E-state index contributed by atoms with van der Waals surface area (Å²) in [7, 11) is 3.22. The van der Waals surface area contributed by atoms with Gasteiger partial charge in [0.1, 0.15) is 0 Å². The van der Waals surface area contributed by atoms with Gasteiger partial charge >= 0.3 is 0 Å². The van der Waals surface area contributed by atoms with Crippen LogP contribution in [0.15, 0.2) is 18.3 Å². The summed E-state index contributed by atoms with van der Waals surface area (Å²) in [4.78, 5) is 18.0. The molecule has 0 saturated heterocycles. The van der Waals surface area contributed by atoms with Crippen molar-refractivity contribution in [3.05, 3.63) is 24.0 Å². The first-order chi connectivity index (χ1) is 9.17. The number of nitrogens with zero attached hydrogens (tertiary/aromatic N) is 2. The van der Waals surface area contributed by atoms with E-state index in [9.17, 15) is 4.79 Å². The normalized spacial score (nSPS) is 10.4. The number of hydrogen-bond acceptors (Lipinski definition) is 5. The molecule has 0 radical (unpaired) electrons. The molecule has 0 aromatic carbocycles. The van der Waals surface area contributed by atoms with Crippen molar-refractivity contribution in [1.82, 2.24) is 9.88 Å². The van der Waals surface area contributed by atoms with Gasteiger partial charge in [0, 0.05) is 33.0 Å². The summed E-state index contributed by atoms with van der Waals surface area (Å²) in [6.45, 7) is 2.11. The Morgan fingerprint density at radius 2 is 1.89 bits per heavy atom. The summed E-state index contributed by atoms with van der Waals surface area (Å²) in [5, 5.41) is 0. The van der Waals surface area contributed by atoms with Crippen LogP contribution in [-0.2, 0) is 20.7 Å². The highest BCUT2D eigenvalue weighted by Crippen LogP contribution is 2.04. The lowest BCUT2D eigenvalue weighted by Crippen LogP contribution is -2.37. The number of methoxy groups -OCH3 is 2. The topological polar surface area (TPSA) is 77.7 Å². The lowest BCUT2D eigenvalue weighted by Gasteiger charge is -2.21. The minimum absolute atomic E-state index is 0.00590. The van der Waals surface area contributed by atoms with Crippen molar-refractivity contribution in [2.45, 2.75) is 6.42 Å². The van der Waals surface area contributed by atoms with Crippen LogP contribution in [0.3, 0.4) is 0 Å². The molecule has 1 rings (SSSR count). The van der Waals surface area contributed by atoms with Crippen LogP contribution in [-0.4, -0.2) is 56.3 Å². The SMILES string of the molecule is COCCN(CCOC)C(=O)Cc1ccc(N)cn1.